The van der Waals surface area contributed by atoms with E-state index in [4.69, 9.17) is 10.5 Å². The Balaban J connectivity index is 2.11. The van der Waals surface area contributed by atoms with E-state index < -0.39 is 0 Å². The number of hydrogen-bond acceptors (Lipinski definition) is 4. The summed E-state index contributed by atoms with van der Waals surface area (Å²) in [5, 5.41) is 9.99. The second-order valence-electron chi connectivity index (χ2n) is 5.56. The minimum atomic E-state index is 0.167. The first-order chi connectivity index (χ1) is 8.99. The molecule has 5 heteroatoms. The average molecular weight is 329 g/mol. The van der Waals surface area contributed by atoms with Crippen LogP contribution in [-0.4, -0.2) is 36.8 Å². The number of ether oxygens (including phenoxy) is 1. The van der Waals surface area contributed by atoms with Gasteiger partial charge in [0.15, 0.2) is 11.5 Å². The Morgan fingerprint density at radius 1 is 1.53 bits per heavy atom. The smallest absolute Gasteiger partial charge is 0.172 e. The third kappa shape index (κ3) is 3.04. The molecule has 0 amide bonds. The molecule has 0 spiro atoms. The molecule has 0 saturated carbocycles. The first-order valence-corrected chi connectivity index (χ1v) is 7.25. The van der Waals surface area contributed by atoms with Gasteiger partial charge in [0.1, 0.15) is 0 Å². The van der Waals surface area contributed by atoms with Crippen molar-refractivity contribution in [1.29, 1.82) is 0 Å². The second kappa shape index (κ2) is 5.69. The zero-order valence-corrected chi connectivity index (χ0v) is 13.0. The molecule has 1 unspecified atom stereocenters. The van der Waals surface area contributed by atoms with Gasteiger partial charge in [-0.05, 0) is 52.5 Å². The maximum atomic E-state index is 9.99. The lowest BCUT2D eigenvalue weighted by atomic mass is 9.90. The van der Waals surface area contributed by atoms with Crippen molar-refractivity contribution in [2.24, 2.45) is 11.1 Å². The van der Waals surface area contributed by atoms with Crippen molar-refractivity contribution in [1.82, 2.24) is 4.90 Å². The van der Waals surface area contributed by atoms with E-state index in [9.17, 15) is 5.11 Å². The van der Waals surface area contributed by atoms with Gasteiger partial charge in [0, 0.05) is 13.1 Å². The maximum Gasteiger partial charge on any atom is 0.172 e. The highest BCUT2D eigenvalue weighted by atomic mass is 79.9. The van der Waals surface area contributed by atoms with Crippen molar-refractivity contribution in [2.75, 3.05) is 26.7 Å². The van der Waals surface area contributed by atoms with E-state index >= 15 is 0 Å². The molecule has 1 aromatic rings. The van der Waals surface area contributed by atoms with Gasteiger partial charge < -0.3 is 15.6 Å². The van der Waals surface area contributed by atoms with Crippen molar-refractivity contribution in [3.8, 4) is 11.5 Å². The number of aromatic hydroxyl groups is 1. The van der Waals surface area contributed by atoms with Gasteiger partial charge in [-0.3, -0.25) is 4.90 Å². The summed E-state index contributed by atoms with van der Waals surface area (Å²) in [6.45, 7) is 5.81. The molecule has 0 aromatic heterocycles. The van der Waals surface area contributed by atoms with Crippen LogP contribution in [0.5, 0.6) is 11.5 Å². The lowest BCUT2D eigenvalue weighted by Gasteiger charge is -2.23. The molecule has 19 heavy (non-hydrogen) atoms. The minimum absolute atomic E-state index is 0.167. The van der Waals surface area contributed by atoms with Crippen LogP contribution in [0, 0.1) is 5.41 Å². The number of methoxy groups -OCH3 is 1. The summed E-state index contributed by atoms with van der Waals surface area (Å²) in [5.41, 5.74) is 7.12. The fraction of sp³-hybridized carbons (Fsp3) is 0.571. The Morgan fingerprint density at radius 2 is 2.26 bits per heavy atom. The number of rotatable bonds is 4. The summed E-state index contributed by atoms with van der Waals surface area (Å²) in [6.07, 6.45) is 1.13. The van der Waals surface area contributed by atoms with Crippen LogP contribution in [0.4, 0.5) is 0 Å². The molecule has 1 saturated heterocycles. The number of nitrogens with zero attached hydrogens (tertiary/aromatic N) is 1. The zero-order chi connectivity index (χ0) is 14.0. The van der Waals surface area contributed by atoms with Gasteiger partial charge in [-0.25, -0.2) is 0 Å². The summed E-state index contributed by atoms with van der Waals surface area (Å²) in [4.78, 5) is 2.37. The number of nitrogens with two attached hydrogens (primary N) is 1. The topological polar surface area (TPSA) is 58.7 Å². The summed E-state index contributed by atoms with van der Waals surface area (Å²) >= 11 is 3.44. The molecule has 1 aliphatic rings. The Labute approximate surface area is 122 Å². The Morgan fingerprint density at radius 3 is 2.84 bits per heavy atom. The molecule has 2 rings (SSSR count). The van der Waals surface area contributed by atoms with Gasteiger partial charge >= 0.3 is 0 Å². The monoisotopic (exact) mass is 328 g/mol. The van der Waals surface area contributed by atoms with Crippen molar-refractivity contribution in [2.45, 2.75) is 19.9 Å². The standard InChI is InChI=1S/C14H21BrN2O2/c1-14(8-16)5-6-17(9-14)7-10-3-4-11(19-2)13(18)12(10)15/h3-4,18H,5-9,16H2,1-2H3. The average Bonchev–Trinajstić information content (AvgIpc) is 2.78. The molecule has 1 aliphatic heterocycles. The zero-order valence-electron chi connectivity index (χ0n) is 11.4. The fourth-order valence-corrected chi connectivity index (χ4v) is 3.00. The SMILES string of the molecule is COc1ccc(CN2CCC(C)(CN)C2)c(Br)c1O. The number of benzene rings is 1. The van der Waals surface area contributed by atoms with Gasteiger partial charge in [0.05, 0.1) is 11.6 Å². The molecule has 0 bridgehead atoms. The van der Waals surface area contributed by atoms with Crippen LogP contribution in [0.3, 0.4) is 0 Å². The summed E-state index contributed by atoms with van der Waals surface area (Å²) in [5.74, 6) is 0.657. The highest BCUT2D eigenvalue weighted by molar-refractivity contribution is 9.10. The Bertz CT molecular complexity index is 467. The van der Waals surface area contributed by atoms with E-state index in [1.807, 2.05) is 6.07 Å². The fourth-order valence-electron chi connectivity index (χ4n) is 2.54. The van der Waals surface area contributed by atoms with Gasteiger partial charge in [0.25, 0.3) is 0 Å². The number of phenols is 1. The van der Waals surface area contributed by atoms with Crippen molar-refractivity contribution in [3.05, 3.63) is 22.2 Å². The molecule has 1 atom stereocenters. The number of likely N-dealkylation sites (tertiary alicyclic amines) is 1. The van der Waals surface area contributed by atoms with Crippen molar-refractivity contribution < 1.29 is 9.84 Å². The van der Waals surface area contributed by atoms with Gasteiger partial charge in [0.2, 0.25) is 0 Å². The first kappa shape index (κ1) is 14.6. The molecule has 106 valence electrons. The molecule has 0 aliphatic carbocycles. The van der Waals surface area contributed by atoms with E-state index in [1.54, 1.807) is 13.2 Å². The van der Waals surface area contributed by atoms with Crippen molar-refractivity contribution in [3.63, 3.8) is 0 Å². The van der Waals surface area contributed by atoms with Crippen LogP contribution in [0.25, 0.3) is 0 Å². The molecular formula is C14H21BrN2O2. The summed E-state index contributed by atoms with van der Waals surface area (Å²) < 4.78 is 5.81. The molecule has 3 N–H and O–H groups in total. The van der Waals surface area contributed by atoms with Gasteiger partial charge in [-0.1, -0.05) is 13.0 Å². The molecule has 1 heterocycles. The molecule has 0 radical (unpaired) electrons. The molecule has 1 fully saturated rings. The van der Waals surface area contributed by atoms with E-state index in [0.29, 0.717) is 10.2 Å². The predicted molar refractivity (Wildman–Crippen MR) is 79.4 cm³/mol. The number of halogens is 1. The Kier molecular flexibility index (Phi) is 4.38. The van der Waals surface area contributed by atoms with E-state index in [-0.39, 0.29) is 11.2 Å². The van der Waals surface area contributed by atoms with Crippen LogP contribution in [0.1, 0.15) is 18.9 Å². The Hall–Kier alpha value is -0.780. The first-order valence-electron chi connectivity index (χ1n) is 6.46. The summed E-state index contributed by atoms with van der Waals surface area (Å²) in [7, 11) is 1.55. The van der Waals surface area contributed by atoms with Gasteiger partial charge in [-0.2, -0.15) is 0 Å². The summed E-state index contributed by atoms with van der Waals surface area (Å²) in [6, 6.07) is 3.79. The second-order valence-corrected chi connectivity index (χ2v) is 6.36. The van der Waals surface area contributed by atoms with Crippen LogP contribution in [0.2, 0.25) is 0 Å². The van der Waals surface area contributed by atoms with Crippen molar-refractivity contribution >= 4 is 15.9 Å². The lowest BCUT2D eigenvalue weighted by Crippen LogP contribution is -2.31. The predicted octanol–water partition coefficient (Wildman–Crippen LogP) is 2.33. The molecule has 1 aromatic carbocycles. The molecule has 4 nitrogen and oxygen atoms in total. The third-order valence-electron chi connectivity index (χ3n) is 3.90. The third-order valence-corrected chi connectivity index (χ3v) is 4.79. The van der Waals surface area contributed by atoms with Gasteiger partial charge in [-0.15, -0.1) is 0 Å². The van der Waals surface area contributed by atoms with Crippen LogP contribution < -0.4 is 10.5 Å². The largest absolute Gasteiger partial charge is 0.503 e. The number of hydrogen-bond donors (Lipinski definition) is 2. The van der Waals surface area contributed by atoms with Crippen LogP contribution >= 0.6 is 15.9 Å². The highest BCUT2D eigenvalue weighted by Gasteiger charge is 2.32. The van der Waals surface area contributed by atoms with Crippen LogP contribution in [0.15, 0.2) is 16.6 Å². The highest BCUT2D eigenvalue weighted by Crippen LogP contribution is 2.38. The quantitative estimate of drug-likeness (QED) is 0.890. The number of phenolic OH excluding ortho intramolecular Hbond substituents is 1. The maximum absolute atomic E-state index is 9.99. The van der Waals surface area contributed by atoms with E-state index in [2.05, 4.69) is 27.8 Å². The normalized spacial score (nSPS) is 23.8. The van der Waals surface area contributed by atoms with E-state index in [1.165, 1.54) is 0 Å². The lowest BCUT2D eigenvalue weighted by molar-refractivity contribution is 0.273. The minimum Gasteiger partial charge on any atom is -0.503 e. The van der Waals surface area contributed by atoms with Crippen LogP contribution in [-0.2, 0) is 6.54 Å². The molecular weight excluding hydrogens is 308 g/mol. The van der Waals surface area contributed by atoms with E-state index in [0.717, 1.165) is 38.2 Å².